The lowest BCUT2D eigenvalue weighted by Crippen LogP contribution is -2.63. The van der Waals surface area contributed by atoms with Gasteiger partial charge in [0.25, 0.3) is 11.8 Å². The first-order chi connectivity index (χ1) is 11.7. The van der Waals surface area contributed by atoms with Gasteiger partial charge in [-0.3, -0.25) is 14.5 Å². The average molecular weight is 371 g/mol. The van der Waals surface area contributed by atoms with Crippen molar-refractivity contribution in [1.29, 1.82) is 0 Å². The number of hydrogen-bond acceptors (Lipinski definition) is 5. The molecule has 1 N–H and O–H groups in total. The van der Waals surface area contributed by atoms with Crippen LogP contribution in [0, 0.1) is 0 Å². The van der Waals surface area contributed by atoms with Crippen LogP contribution in [0.3, 0.4) is 0 Å². The maximum Gasteiger partial charge on any atom is 0.442 e. The summed E-state index contributed by atoms with van der Waals surface area (Å²) in [7, 11) is 0. The Labute approximate surface area is 143 Å². The third kappa shape index (κ3) is 2.93. The van der Waals surface area contributed by atoms with Crippen LogP contribution in [0.15, 0.2) is 45.3 Å². The Kier molecular flexibility index (Phi) is 4.15. The molecule has 2 aromatic rings. The molecule has 1 aliphatic heterocycles. The number of rotatable bonds is 4. The quantitative estimate of drug-likeness (QED) is 0.898. The van der Waals surface area contributed by atoms with Crippen molar-refractivity contribution in [3.8, 4) is 0 Å². The van der Waals surface area contributed by atoms with Crippen LogP contribution in [-0.2, 0) is 11.3 Å². The summed E-state index contributed by atoms with van der Waals surface area (Å²) in [5.41, 5.74) is -3.34. The highest BCUT2D eigenvalue weighted by atomic mass is 32.1. The highest BCUT2D eigenvalue weighted by Crippen LogP contribution is 2.38. The first-order valence-electron chi connectivity index (χ1n) is 7.08. The number of furan rings is 1. The zero-order chi connectivity index (χ0) is 18.2. The van der Waals surface area contributed by atoms with E-state index in [1.165, 1.54) is 31.4 Å². The van der Waals surface area contributed by atoms with Gasteiger partial charge in [-0.25, -0.2) is 4.99 Å². The van der Waals surface area contributed by atoms with Gasteiger partial charge in [0, 0.05) is 0 Å². The van der Waals surface area contributed by atoms with Crippen LogP contribution in [0.1, 0.15) is 22.4 Å². The predicted molar refractivity (Wildman–Crippen MR) is 82.9 cm³/mol. The lowest BCUT2D eigenvalue weighted by atomic mass is 10.1. The Bertz CT molecular complexity index is 815. The van der Waals surface area contributed by atoms with Gasteiger partial charge in [-0.1, -0.05) is 6.07 Å². The van der Waals surface area contributed by atoms with Crippen molar-refractivity contribution in [2.24, 2.45) is 4.99 Å². The fraction of sp³-hybridized carbons (Fsp3) is 0.267. The molecule has 0 radical (unpaired) electrons. The largest absolute Gasteiger partial charge is 0.467 e. The second kappa shape index (κ2) is 6.03. The summed E-state index contributed by atoms with van der Waals surface area (Å²) in [6.45, 7) is 1.06. The van der Waals surface area contributed by atoms with E-state index in [0.717, 1.165) is 16.2 Å². The van der Waals surface area contributed by atoms with E-state index in [1.807, 2.05) is 0 Å². The predicted octanol–water partition coefficient (Wildman–Crippen LogP) is 2.79. The van der Waals surface area contributed by atoms with Crippen LogP contribution in [0.25, 0.3) is 0 Å². The number of aliphatic imine (C=N–C) groups is 1. The molecule has 1 unspecified atom stereocenters. The van der Waals surface area contributed by atoms with Gasteiger partial charge < -0.3 is 9.73 Å². The number of alkyl halides is 3. The van der Waals surface area contributed by atoms with E-state index in [0.29, 0.717) is 5.76 Å². The van der Waals surface area contributed by atoms with E-state index >= 15 is 0 Å². The van der Waals surface area contributed by atoms with E-state index in [-0.39, 0.29) is 17.3 Å². The van der Waals surface area contributed by atoms with Gasteiger partial charge in [0.1, 0.15) is 11.6 Å². The lowest BCUT2D eigenvalue weighted by Gasteiger charge is -2.28. The molecule has 0 bridgehead atoms. The number of nitrogens with one attached hydrogen (secondary N) is 1. The van der Waals surface area contributed by atoms with Crippen LogP contribution in [0.2, 0.25) is 0 Å². The van der Waals surface area contributed by atoms with Gasteiger partial charge in [-0.05, 0) is 30.5 Å². The van der Waals surface area contributed by atoms with Crippen LogP contribution < -0.4 is 5.32 Å². The monoisotopic (exact) mass is 371 g/mol. The molecule has 10 heteroatoms. The van der Waals surface area contributed by atoms with Crippen LogP contribution >= 0.6 is 11.3 Å². The van der Waals surface area contributed by atoms with E-state index in [2.05, 4.69) is 4.99 Å². The topological polar surface area (TPSA) is 74.9 Å². The van der Waals surface area contributed by atoms with Gasteiger partial charge in [0.05, 0.1) is 17.7 Å². The van der Waals surface area contributed by atoms with Crippen molar-refractivity contribution >= 4 is 29.0 Å². The number of thiophene rings is 1. The molecule has 6 nitrogen and oxygen atoms in total. The maximum absolute atomic E-state index is 13.7. The maximum atomic E-state index is 13.7. The van der Waals surface area contributed by atoms with E-state index in [4.69, 9.17) is 4.42 Å². The summed E-state index contributed by atoms with van der Waals surface area (Å²) < 4.78 is 46.2. The van der Waals surface area contributed by atoms with Gasteiger partial charge >= 0.3 is 11.8 Å². The first-order valence-corrected chi connectivity index (χ1v) is 7.96. The third-order valence-corrected chi connectivity index (χ3v) is 4.49. The van der Waals surface area contributed by atoms with Crippen molar-refractivity contribution in [2.75, 3.05) is 0 Å². The van der Waals surface area contributed by atoms with Crippen LogP contribution in [0.5, 0.6) is 0 Å². The van der Waals surface area contributed by atoms with Crippen molar-refractivity contribution < 1.29 is 27.2 Å². The molecule has 0 fully saturated rings. The number of nitrogens with zero attached hydrogens (tertiary/aromatic N) is 2. The van der Waals surface area contributed by atoms with Gasteiger partial charge in [-0.15, -0.1) is 11.3 Å². The number of carbonyl (C=O) groups excluding carboxylic acids is 2. The average Bonchev–Trinajstić information content (AvgIpc) is 3.25. The molecule has 0 saturated heterocycles. The molecule has 25 heavy (non-hydrogen) atoms. The van der Waals surface area contributed by atoms with E-state index < -0.39 is 23.7 Å². The zero-order valence-corrected chi connectivity index (χ0v) is 13.6. The third-order valence-electron chi connectivity index (χ3n) is 3.62. The summed E-state index contributed by atoms with van der Waals surface area (Å²) in [5.74, 6) is -2.26. The zero-order valence-electron chi connectivity index (χ0n) is 12.8. The van der Waals surface area contributed by atoms with Crippen LogP contribution in [0.4, 0.5) is 13.2 Å². The molecule has 2 aromatic heterocycles. The van der Waals surface area contributed by atoms with Crippen molar-refractivity contribution in [3.05, 3.63) is 46.5 Å². The Morgan fingerprint density at radius 3 is 2.72 bits per heavy atom. The Morgan fingerprint density at radius 1 is 1.40 bits per heavy atom. The number of amidine groups is 1. The molecule has 0 spiro atoms. The molecular weight excluding hydrogens is 359 g/mol. The minimum absolute atomic E-state index is 0.0498. The number of hydrogen-bond donors (Lipinski definition) is 1. The fourth-order valence-electron chi connectivity index (χ4n) is 2.41. The SMILES string of the molecule is CC1=NC(NC(=O)c2cccs2)(C(F)(F)F)C(=O)N1Cc1ccco1. The molecule has 3 heterocycles. The highest BCUT2D eigenvalue weighted by molar-refractivity contribution is 7.12. The first kappa shape index (κ1) is 17.2. The van der Waals surface area contributed by atoms with Gasteiger partial charge in [-0.2, -0.15) is 13.2 Å². The number of halogens is 3. The van der Waals surface area contributed by atoms with E-state index in [9.17, 15) is 22.8 Å². The van der Waals surface area contributed by atoms with Gasteiger partial charge in [0.2, 0.25) is 0 Å². The Balaban J connectivity index is 1.93. The molecule has 1 aliphatic rings. The smallest absolute Gasteiger partial charge is 0.442 e. The molecular formula is C15H12F3N3O3S. The van der Waals surface area contributed by atoms with Crippen molar-refractivity contribution in [1.82, 2.24) is 10.2 Å². The summed E-state index contributed by atoms with van der Waals surface area (Å²) in [4.78, 5) is 29.1. The van der Waals surface area contributed by atoms with Gasteiger partial charge in [0.15, 0.2) is 0 Å². The standard InChI is InChI=1S/C15H12F3N3O3S/c1-9-19-14(15(16,17)18,20-12(22)11-5-3-7-25-11)13(23)21(9)8-10-4-2-6-24-10/h2-7H,8H2,1H3,(H,20,22). The molecule has 1 atom stereocenters. The van der Waals surface area contributed by atoms with E-state index in [1.54, 1.807) is 16.8 Å². The second-order valence-electron chi connectivity index (χ2n) is 5.27. The highest BCUT2D eigenvalue weighted by Gasteiger charge is 2.66. The second-order valence-corrected chi connectivity index (χ2v) is 6.22. The number of amides is 2. The van der Waals surface area contributed by atoms with Crippen LogP contribution in [-0.4, -0.2) is 34.4 Å². The normalized spacial score (nSPS) is 20.7. The van der Waals surface area contributed by atoms with Crippen molar-refractivity contribution in [2.45, 2.75) is 25.3 Å². The summed E-state index contributed by atoms with van der Waals surface area (Å²) >= 11 is 0.963. The Morgan fingerprint density at radius 2 is 2.16 bits per heavy atom. The number of carbonyl (C=O) groups is 2. The lowest BCUT2D eigenvalue weighted by molar-refractivity contribution is -0.196. The fourth-order valence-corrected chi connectivity index (χ4v) is 3.03. The molecule has 132 valence electrons. The summed E-state index contributed by atoms with van der Waals surface area (Å²) in [6, 6.07) is 5.96. The molecule has 0 saturated carbocycles. The molecule has 0 aliphatic carbocycles. The molecule has 3 rings (SSSR count). The minimum atomic E-state index is -5.10. The molecule has 2 amide bonds. The minimum Gasteiger partial charge on any atom is -0.467 e. The summed E-state index contributed by atoms with van der Waals surface area (Å²) in [6.07, 6.45) is -3.76. The summed E-state index contributed by atoms with van der Waals surface area (Å²) in [5, 5.41) is 3.31. The molecule has 0 aromatic carbocycles. The van der Waals surface area contributed by atoms with Crippen molar-refractivity contribution in [3.63, 3.8) is 0 Å². The Hall–Kier alpha value is -2.62.